The summed E-state index contributed by atoms with van der Waals surface area (Å²) in [4.78, 5) is 31.3. The summed E-state index contributed by atoms with van der Waals surface area (Å²) in [5, 5.41) is 12.6. The van der Waals surface area contributed by atoms with Crippen LogP contribution in [-0.2, 0) is 21.9 Å². The molecule has 1 aromatic heterocycles. The van der Waals surface area contributed by atoms with Crippen LogP contribution < -0.4 is 10.1 Å². The highest BCUT2D eigenvalue weighted by Crippen LogP contribution is 2.33. The zero-order valence-electron chi connectivity index (χ0n) is 20.9. The first-order valence-electron chi connectivity index (χ1n) is 12.0. The van der Waals surface area contributed by atoms with Crippen LogP contribution in [0.2, 0.25) is 0 Å². The van der Waals surface area contributed by atoms with E-state index in [0.717, 1.165) is 12.8 Å². The molecular formula is C24H33N5O6S. The molecule has 1 aromatic carbocycles. The molecule has 4 rings (SSSR count). The number of hydrogen-bond acceptors (Lipinski definition) is 7. The summed E-state index contributed by atoms with van der Waals surface area (Å²) in [6.45, 7) is 3.67. The Bertz CT molecular complexity index is 1240. The average Bonchev–Trinajstić information content (AvgIpc) is 3.61. The number of aliphatic hydroxyl groups is 1. The summed E-state index contributed by atoms with van der Waals surface area (Å²) in [5.74, 6) is -0.366. The smallest absolute Gasteiger partial charge is 0.261 e. The van der Waals surface area contributed by atoms with E-state index in [4.69, 9.17) is 4.74 Å². The number of hydrogen-bond donors (Lipinski definition) is 2. The largest absolute Gasteiger partial charge is 0.488 e. The van der Waals surface area contributed by atoms with Crippen molar-refractivity contribution in [2.75, 3.05) is 32.1 Å². The summed E-state index contributed by atoms with van der Waals surface area (Å²) >= 11 is 0. The van der Waals surface area contributed by atoms with Crippen molar-refractivity contribution in [2.45, 2.75) is 43.9 Å². The molecule has 2 N–H and O–H groups in total. The van der Waals surface area contributed by atoms with Gasteiger partial charge in [-0.2, -0.15) is 4.31 Å². The van der Waals surface area contributed by atoms with Crippen LogP contribution in [-0.4, -0.2) is 83.0 Å². The number of aliphatic hydroxyl groups excluding tert-OH is 1. The molecule has 12 heteroatoms. The SMILES string of the molecule is C[C@H]1CN([C@@H](C)CO)C(=O)c2cc(NC(=O)C3CC3)ccc2O[C@H]1CN(C)S(=O)(=O)c1cn(C)cn1. The molecule has 0 bridgehead atoms. The molecule has 3 atom stereocenters. The Labute approximate surface area is 211 Å². The minimum atomic E-state index is -3.85. The topological polar surface area (TPSA) is 134 Å². The van der Waals surface area contributed by atoms with Crippen LogP contribution in [0, 0.1) is 11.8 Å². The van der Waals surface area contributed by atoms with Gasteiger partial charge in [-0.05, 0) is 38.0 Å². The van der Waals surface area contributed by atoms with Gasteiger partial charge in [-0.1, -0.05) is 6.92 Å². The van der Waals surface area contributed by atoms with E-state index in [9.17, 15) is 23.1 Å². The van der Waals surface area contributed by atoms with Gasteiger partial charge in [0.15, 0.2) is 5.03 Å². The van der Waals surface area contributed by atoms with Crippen molar-refractivity contribution < 1.29 is 27.9 Å². The summed E-state index contributed by atoms with van der Waals surface area (Å²) in [6, 6.07) is 4.40. The highest BCUT2D eigenvalue weighted by Gasteiger charge is 2.36. The van der Waals surface area contributed by atoms with Crippen LogP contribution >= 0.6 is 0 Å². The van der Waals surface area contributed by atoms with Gasteiger partial charge in [0, 0.05) is 44.4 Å². The number of aryl methyl sites for hydroxylation is 1. The second-order valence-corrected chi connectivity index (χ2v) is 11.8. The zero-order valence-corrected chi connectivity index (χ0v) is 21.7. The molecule has 1 saturated carbocycles. The van der Waals surface area contributed by atoms with E-state index in [2.05, 4.69) is 10.3 Å². The highest BCUT2D eigenvalue weighted by molar-refractivity contribution is 7.89. The van der Waals surface area contributed by atoms with E-state index in [1.165, 1.54) is 23.9 Å². The average molecular weight is 520 g/mol. The van der Waals surface area contributed by atoms with Crippen LogP contribution in [0.15, 0.2) is 35.7 Å². The van der Waals surface area contributed by atoms with Crippen molar-refractivity contribution in [1.29, 1.82) is 0 Å². The van der Waals surface area contributed by atoms with E-state index in [0.29, 0.717) is 11.4 Å². The number of rotatable bonds is 8. The van der Waals surface area contributed by atoms with Crippen molar-refractivity contribution >= 4 is 27.5 Å². The number of aromatic nitrogens is 2. The number of likely N-dealkylation sites (N-methyl/N-ethyl adjacent to an activating group) is 1. The standard InChI is InChI=1S/C24H33N5O6S/c1-15-10-29(16(2)13-30)24(32)19-9-18(26-23(31)17-5-6-17)7-8-20(19)35-21(15)11-28(4)36(33,34)22-12-27(3)14-25-22/h7-9,12,14-17,21,30H,5-6,10-11,13H2,1-4H3,(H,26,31)/t15-,16-,21-/m0/s1. The molecule has 2 amide bonds. The molecule has 11 nitrogen and oxygen atoms in total. The zero-order chi connectivity index (χ0) is 26.2. The number of nitrogens with zero attached hydrogens (tertiary/aromatic N) is 4. The quantitative estimate of drug-likeness (QED) is 0.537. The maximum atomic E-state index is 13.5. The first-order chi connectivity index (χ1) is 17.0. The number of carbonyl (C=O) groups is 2. The van der Waals surface area contributed by atoms with Crippen LogP contribution in [0.4, 0.5) is 5.69 Å². The number of amides is 2. The monoisotopic (exact) mass is 519 g/mol. The maximum Gasteiger partial charge on any atom is 0.261 e. The van der Waals surface area contributed by atoms with Gasteiger partial charge in [-0.25, -0.2) is 13.4 Å². The number of sulfonamides is 1. The fourth-order valence-electron chi connectivity index (χ4n) is 4.14. The van der Waals surface area contributed by atoms with Crippen molar-refractivity contribution in [1.82, 2.24) is 18.8 Å². The molecule has 2 aromatic rings. The van der Waals surface area contributed by atoms with Crippen molar-refractivity contribution in [3.63, 3.8) is 0 Å². The first kappa shape index (κ1) is 26.1. The Balaban J connectivity index is 1.64. The van der Waals surface area contributed by atoms with E-state index in [1.807, 2.05) is 6.92 Å². The lowest BCUT2D eigenvalue weighted by Gasteiger charge is -2.38. The molecule has 0 saturated heterocycles. The Hall–Kier alpha value is -2.96. The number of nitrogens with one attached hydrogen (secondary N) is 1. The number of ether oxygens (including phenoxy) is 1. The van der Waals surface area contributed by atoms with E-state index >= 15 is 0 Å². The maximum absolute atomic E-state index is 13.5. The van der Waals surface area contributed by atoms with Gasteiger partial charge in [0.25, 0.3) is 15.9 Å². The van der Waals surface area contributed by atoms with Crippen LogP contribution in [0.1, 0.15) is 37.0 Å². The molecule has 2 heterocycles. The minimum absolute atomic E-state index is 0.00620. The molecule has 0 radical (unpaired) electrons. The minimum Gasteiger partial charge on any atom is -0.488 e. The summed E-state index contributed by atoms with van der Waals surface area (Å²) in [5.41, 5.74) is 0.732. The molecule has 0 unspecified atom stereocenters. The lowest BCUT2D eigenvalue weighted by molar-refractivity contribution is -0.117. The fraction of sp³-hybridized carbons (Fsp3) is 0.542. The number of imidazole rings is 1. The van der Waals surface area contributed by atoms with Crippen LogP contribution in [0.25, 0.3) is 0 Å². The molecular weight excluding hydrogens is 486 g/mol. The molecule has 36 heavy (non-hydrogen) atoms. The Morgan fingerprint density at radius 2 is 2.08 bits per heavy atom. The van der Waals surface area contributed by atoms with Crippen molar-refractivity contribution in [3.05, 3.63) is 36.3 Å². The summed E-state index contributed by atoms with van der Waals surface area (Å²) in [7, 11) is -0.693. The lowest BCUT2D eigenvalue weighted by Crippen LogP contribution is -2.50. The van der Waals surface area contributed by atoms with Crippen molar-refractivity contribution in [2.24, 2.45) is 18.9 Å². The third-order valence-electron chi connectivity index (χ3n) is 6.67. The van der Waals surface area contributed by atoms with Crippen molar-refractivity contribution in [3.8, 4) is 5.75 Å². The molecule has 2 aliphatic rings. The second-order valence-electron chi connectivity index (χ2n) is 9.76. The Morgan fingerprint density at radius 3 is 2.69 bits per heavy atom. The number of benzene rings is 1. The third kappa shape index (κ3) is 5.40. The Kier molecular flexibility index (Phi) is 7.39. The molecule has 1 aliphatic carbocycles. The molecule has 196 valence electrons. The predicted molar refractivity (Wildman–Crippen MR) is 132 cm³/mol. The van der Waals surface area contributed by atoms with Crippen LogP contribution in [0.5, 0.6) is 5.75 Å². The van der Waals surface area contributed by atoms with Gasteiger partial charge < -0.3 is 24.6 Å². The Morgan fingerprint density at radius 1 is 1.36 bits per heavy atom. The third-order valence-corrected chi connectivity index (χ3v) is 8.38. The number of anilines is 1. The predicted octanol–water partition coefficient (Wildman–Crippen LogP) is 1.31. The van der Waals surface area contributed by atoms with E-state index in [1.54, 1.807) is 41.6 Å². The van der Waals surface area contributed by atoms with E-state index < -0.39 is 22.2 Å². The normalized spacial score (nSPS) is 21.4. The van der Waals surface area contributed by atoms with Gasteiger partial charge in [0.05, 0.1) is 31.1 Å². The fourth-order valence-corrected chi connectivity index (χ4v) is 5.28. The highest BCUT2D eigenvalue weighted by atomic mass is 32.2. The van der Waals surface area contributed by atoms with Gasteiger partial charge in [-0.15, -0.1) is 0 Å². The first-order valence-corrected chi connectivity index (χ1v) is 13.4. The number of fused-ring (bicyclic) bond motifs is 1. The lowest BCUT2D eigenvalue weighted by atomic mass is 9.99. The van der Waals surface area contributed by atoms with Gasteiger partial charge in [0.2, 0.25) is 5.91 Å². The van der Waals surface area contributed by atoms with Crippen LogP contribution in [0.3, 0.4) is 0 Å². The molecule has 1 aliphatic heterocycles. The van der Waals surface area contributed by atoms with Gasteiger partial charge >= 0.3 is 0 Å². The number of carbonyl (C=O) groups excluding carboxylic acids is 2. The van der Waals surface area contributed by atoms with Gasteiger partial charge in [0.1, 0.15) is 11.9 Å². The molecule has 0 spiro atoms. The summed E-state index contributed by atoms with van der Waals surface area (Å²) in [6.07, 6.45) is 3.97. The molecule has 1 fully saturated rings. The van der Waals surface area contributed by atoms with Gasteiger partial charge in [-0.3, -0.25) is 9.59 Å². The summed E-state index contributed by atoms with van der Waals surface area (Å²) < 4.78 is 35.1. The second kappa shape index (κ2) is 10.2. The van der Waals surface area contributed by atoms with E-state index in [-0.39, 0.29) is 53.9 Å².